The first-order valence-corrected chi connectivity index (χ1v) is 15.0. The Morgan fingerprint density at radius 2 is 1.50 bits per heavy atom. The first-order chi connectivity index (χ1) is 16.8. The van der Waals surface area contributed by atoms with E-state index >= 15 is 0 Å². The molecule has 0 aromatic heterocycles. The largest absolute Gasteiger partial charge is 0.459 e. The Kier molecular flexibility index (Phi) is 8.48. The van der Waals surface area contributed by atoms with Crippen LogP contribution in [0.25, 0.3) is 0 Å². The highest BCUT2D eigenvalue weighted by Crippen LogP contribution is 2.40. The average molecular weight is 534 g/mol. The molecular weight excluding hydrogens is 498 g/mol. The molecule has 1 heterocycles. The van der Waals surface area contributed by atoms with Crippen LogP contribution in [0.5, 0.6) is 0 Å². The zero-order chi connectivity index (χ0) is 26.8. The summed E-state index contributed by atoms with van der Waals surface area (Å²) in [5.41, 5.74) is 1.83. The third-order valence-electron chi connectivity index (χ3n) is 6.70. The van der Waals surface area contributed by atoms with E-state index in [1.165, 1.54) is 29.4 Å². The Labute approximate surface area is 215 Å². The number of carbonyl (C=O) groups excluding carboxylic acids is 1. The Morgan fingerprint density at radius 3 is 1.94 bits per heavy atom. The lowest BCUT2D eigenvalue weighted by Gasteiger charge is -2.49. The van der Waals surface area contributed by atoms with E-state index in [1.54, 1.807) is 36.4 Å². The fourth-order valence-corrected chi connectivity index (χ4v) is 8.71. The summed E-state index contributed by atoms with van der Waals surface area (Å²) in [6, 6.07) is 11.5. The van der Waals surface area contributed by atoms with Crippen molar-refractivity contribution in [3.63, 3.8) is 0 Å². The van der Waals surface area contributed by atoms with Gasteiger partial charge in [0.25, 0.3) is 0 Å². The number of esters is 1. The highest BCUT2D eigenvalue weighted by atomic mass is 32.2. The number of hydrogen-bond acceptors (Lipinski definition) is 6. The summed E-state index contributed by atoms with van der Waals surface area (Å²) in [6.07, 6.45) is 0.440. The summed E-state index contributed by atoms with van der Waals surface area (Å²) < 4.78 is 62.8. The maximum Gasteiger partial charge on any atom is 0.303 e. The van der Waals surface area contributed by atoms with E-state index in [2.05, 4.69) is 6.58 Å². The molecule has 0 spiro atoms. The predicted molar refractivity (Wildman–Crippen MR) is 140 cm³/mol. The standard InChI is InChI=1S/C27H35NO6S2/c1-7-8-24-27(34-21(6)29)26(35(30,31)22-13-9-19(4)10-14-22)17-25(18(2)3)28(24)36(32,33)23-15-11-20(5)12-16-23/h7,9-16,18,24-27H,1,8,17H2,2-6H3/t24-,25+,26-,27-/m0/s1. The molecule has 1 aliphatic rings. The minimum Gasteiger partial charge on any atom is -0.459 e. The highest BCUT2D eigenvalue weighted by Gasteiger charge is 2.54. The van der Waals surface area contributed by atoms with E-state index in [4.69, 9.17) is 4.74 Å². The molecule has 0 radical (unpaired) electrons. The van der Waals surface area contributed by atoms with Gasteiger partial charge >= 0.3 is 5.97 Å². The van der Waals surface area contributed by atoms with Crippen LogP contribution in [0.2, 0.25) is 0 Å². The van der Waals surface area contributed by atoms with Crippen LogP contribution >= 0.6 is 0 Å². The van der Waals surface area contributed by atoms with Gasteiger partial charge in [0.1, 0.15) is 11.4 Å². The normalized spacial score (nSPS) is 23.4. The maximum absolute atomic E-state index is 14.0. The summed E-state index contributed by atoms with van der Waals surface area (Å²) in [4.78, 5) is 12.4. The first kappa shape index (κ1) is 28.1. The number of piperidine rings is 1. The Bertz CT molecular complexity index is 1300. The summed E-state index contributed by atoms with van der Waals surface area (Å²) in [7, 11) is -8.02. The quantitative estimate of drug-likeness (QED) is 0.368. The van der Waals surface area contributed by atoms with Gasteiger partial charge in [0, 0.05) is 13.0 Å². The van der Waals surface area contributed by atoms with E-state index in [-0.39, 0.29) is 28.6 Å². The van der Waals surface area contributed by atoms with Gasteiger partial charge in [-0.1, -0.05) is 55.3 Å². The molecule has 0 aliphatic carbocycles. The molecule has 36 heavy (non-hydrogen) atoms. The number of hydrogen-bond donors (Lipinski definition) is 0. The summed E-state index contributed by atoms with van der Waals surface area (Å²) in [5, 5.41) is -1.12. The van der Waals surface area contributed by atoms with Crippen molar-refractivity contribution in [3.05, 3.63) is 72.3 Å². The molecule has 0 unspecified atom stereocenters. The van der Waals surface area contributed by atoms with Crippen LogP contribution in [0.4, 0.5) is 0 Å². The molecule has 196 valence electrons. The third kappa shape index (κ3) is 5.58. The highest BCUT2D eigenvalue weighted by molar-refractivity contribution is 7.92. The summed E-state index contributed by atoms with van der Waals surface area (Å²) in [5.74, 6) is -0.875. The van der Waals surface area contributed by atoms with Gasteiger partial charge in [-0.2, -0.15) is 4.31 Å². The topological polar surface area (TPSA) is 97.8 Å². The van der Waals surface area contributed by atoms with Gasteiger partial charge in [-0.3, -0.25) is 4.79 Å². The van der Waals surface area contributed by atoms with Crippen molar-refractivity contribution in [1.82, 2.24) is 4.31 Å². The van der Waals surface area contributed by atoms with Gasteiger partial charge in [-0.25, -0.2) is 16.8 Å². The van der Waals surface area contributed by atoms with Gasteiger partial charge in [0.15, 0.2) is 9.84 Å². The predicted octanol–water partition coefficient (Wildman–Crippen LogP) is 4.44. The number of ether oxygens (including phenoxy) is 1. The number of carbonyl (C=O) groups is 1. The number of sulfone groups is 1. The van der Waals surface area contributed by atoms with Gasteiger partial charge in [-0.05, 0) is 56.9 Å². The number of sulfonamides is 1. The van der Waals surface area contributed by atoms with Crippen LogP contribution in [0.15, 0.2) is 71.0 Å². The van der Waals surface area contributed by atoms with Crippen molar-refractivity contribution in [1.29, 1.82) is 0 Å². The Hall–Kier alpha value is -2.49. The van der Waals surface area contributed by atoms with Gasteiger partial charge < -0.3 is 4.74 Å². The molecular formula is C27H35NO6S2. The van der Waals surface area contributed by atoms with Crippen molar-refractivity contribution in [3.8, 4) is 0 Å². The third-order valence-corrected chi connectivity index (χ3v) is 10.8. The van der Waals surface area contributed by atoms with E-state index < -0.39 is 49.3 Å². The second-order valence-electron chi connectivity index (χ2n) is 9.76. The van der Waals surface area contributed by atoms with Gasteiger partial charge in [0.2, 0.25) is 10.0 Å². The minimum absolute atomic E-state index is 0.00937. The van der Waals surface area contributed by atoms with Crippen LogP contribution in [-0.2, 0) is 29.4 Å². The van der Waals surface area contributed by atoms with E-state index in [0.29, 0.717) is 0 Å². The van der Waals surface area contributed by atoms with Crippen molar-refractivity contribution in [2.24, 2.45) is 5.92 Å². The lowest BCUT2D eigenvalue weighted by Crippen LogP contribution is -2.64. The van der Waals surface area contributed by atoms with Gasteiger partial charge in [0.05, 0.1) is 15.8 Å². The molecule has 0 bridgehead atoms. The second-order valence-corrected chi connectivity index (χ2v) is 13.8. The van der Waals surface area contributed by atoms with Crippen LogP contribution < -0.4 is 0 Å². The van der Waals surface area contributed by atoms with E-state index in [9.17, 15) is 21.6 Å². The SMILES string of the molecule is C=CC[C@H]1[C@H](OC(C)=O)[C@@H](S(=O)(=O)c2ccc(C)cc2)C[C@H](C(C)C)N1S(=O)(=O)c1ccc(C)cc1. The molecule has 9 heteroatoms. The van der Waals surface area contributed by atoms with Crippen LogP contribution in [0.3, 0.4) is 0 Å². The molecule has 2 aromatic rings. The molecule has 4 atom stereocenters. The van der Waals surface area contributed by atoms with Crippen LogP contribution in [-0.4, -0.2) is 50.5 Å². The Balaban J connectivity index is 2.21. The number of benzene rings is 2. The van der Waals surface area contributed by atoms with E-state index in [0.717, 1.165) is 11.1 Å². The molecule has 1 fully saturated rings. The molecule has 7 nitrogen and oxygen atoms in total. The molecule has 2 aromatic carbocycles. The molecule has 1 saturated heterocycles. The summed E-state index contributed by atoms with van der Waals surface area (Å²) in [6.45, 7) is 12.5. The van der Waals surface area contributed by atoms with Crippen LogP contribution in [0.1, 0.15) is 44.7 Å². The molecule has 0 N–H and O–H groups in total. The maximum atomic E-state index is 14.0. The first-order valence-electron chi connectivity index (χ1n) is 12.0. The number of nitrogens with zero attached hydrogens (tertiary/aromatic N) is 1. The van der Waals surface area contributed by atoms with Crippen molar-refractivity contribution >= 4 is 25.8 Å². The van der Waals surface area contributed by atoms with Crippen molar-refractivity contribution < 1.29 is 26.4 Å². The molecule has 0 saturated carbocycles. The van der Waals surface area contributed by atoms with E-state index in [1.807, 2.05) is 27.7 Å². The molecule has 0 amide bonds. The minimum atomic E-state index is -4.05. The smallest absolute Gasteiger partial charge is 0.303 e. The average Bonchev–Trinajstić information content (AvgIpc) is 2.79. The lowest BCUT2D eigenvalue weighted by atomic mass is 9.87. The number of aryl methyl sites for hydroxylation is 2. The summed E-state index contributed by atoms with van der Waals surface area (Å²) >= 11 is 0. The fraction of sp³-hybridized carbons (Fsp3) is 0.444. The van der Waals surface area contributed by atoms with Gasteiger partial charge in [-0.15, -0.1) is 6.58 Å². The van der Waals surface area contributed by atoms with Crippen molar-refractivity contribution in [2.45, 2.75) is 80.7 Å². The fourth-order valence-electron chi connectivity index (χ4n) is 4.83. The second kappa shape index (κ2) is 10.9. The zero-order valence-electron chi connectivity index (χ0n) is 21.4. The van der Waals surface area contributed by atoms with Crippen LogP contribution in [0, 0.1) is 19.8 Å². The monoisotopic (exact) mass is 533 g/mol. The van der Waals surface area contributed by atoms with Crippen molar-refractivity contribution in [2.75, 3.05) is 0 Å². The Morgan fingerprint density at radius 1 is 1.00 bits per heavy atom. The molecule has 3 rings (SSSR count). The number of rotatable bonds is 8. The molecule has 1 aliphatic heterocycles. The zero-order valence-corrected chi connectivity index (χ0v) is 23.1. The lowest BCUT2D eigenvalue weighted by molar-refractivity contribution is -0.151.